The average Bonchev–Trinajstić information content (AvgIpc) is 3.41. The van der Waals surface area contributed by atoms with E-state index in [4.69, 9.17) is 4.74 Å². The Hall–Kier alpha value is -3.45. The Bertz CT molecular complexity index is 1290. The number of hydrogen-bond donors (Lipinski definition) is 1. The van der Waals surface area contributed by atoms with Crippen LogP contribution < -0.4 is 15.0 Å². The fraction of sp³-hybridized carbons (Fsp3) is 0.310. The number of benzene rings is 3. The molecular formula is C29H31N3O3S. The number of urea groups is 1. The van der Waals surface area contributed by atoms with E-state index in [1.165, 1.54) is 17.3 Å². The van der Waals surface area contributed by atoms with Gasteiger partial charge in [-0.05, 0) is 46.9 Å². The normalized spacial score (nSPS) is 19.1. The fourth-order valence-electron chi connectivity index (χ4n) is 4.88. The van der Waals surface area contributed by atoms with Crippen molar-refractivity contribution in [2.45, 2.75) is 37.6 Å². The first-order valence-electron chi connectivity index (χ1n) is 12.1. The third-order valence-corrected chi connectivity index (χ3v) is 8.25. The zero-order chi connectivity index (χ0) is 25.5. The Labute approximate surface area is 216 Å². The molecule has 186 valence electrons. The number of rotatable bonds is 4. The Morgan fingerprint density at radius 3 is 2.44 bits per heavy atom. The van der Waals surface area contributed by atoms with Gasteiger partial charge in [0.2, 0.25) is 0 Å². The van der Waals surface area contributed by atoms with Crippen LogP contribution in [0.3, 0.4) is 0 Å². The van der Waals surface area contributed by atoms with Gasteiger partial charge in [0, 0.05) is 23.5 Å². The van der Waals surface area contributed by atoms with Gasteiger partial charge in [0.25, 0.3) is 5.91 Å². The molecule has 0 bridgehead atoms. The largest absolute Gasteiger partial charge is 0.497 e. The molecule has 3 aromatic rings. The maximum Gasteiger partial charge on any atom is 0.323 e. The summed E-state index contributed by atoms with van der Waals surface area (Å²) in [6, 6.07) is 23.2. The van der Waals surface area contributed by atoms with E-state index in [0.29, 0.717) is 30.3 Å². The summed E-state index contributed by atoms with van der Waals surface area (Å²) in [6.07, 6.45) is 0. The first-order valence-corrected chi connectivity index (χ1v) is 13.1. The second-order valence-corrected chi connectivity index (χ2v) is 11.4. The molecule has 3 amide bonds. The van der Waals surface area contributed by atoms with Gasteiger partial charge in [0.05, 0.1) is 19.3 Å². The minimum absolute atomic E-state index is 0.0578. The van der Waals surface area contributed by atoms with Crippen molar-refractivity contribution in [3.63, 3.8) is 0 Å². The molecule has 5 rings (SSSR count). The average molecular weight is 502 g/mol. The van der Waals surface area contributed by atoms with Gasteiger partial charge in [-0.2, -0.15) is 0 Å². The molecule has 1 spiro atoms. The predicted molar refractivity (Wildman–Crippen MR) is 146 cm³/mol. The monoisotopic (exact) mass is 501 g/mol. The van der Waals surface area contributed by atoms with Crippen LogP contribution in [0.1, 0.15) is 37.5 Å². The molecule has 36 heavy (non-hydrogen) atoms. The van der Waals surface area contributed by atoms with Gasteiger partial charge < -0.3 is 15.0 Å². The highest BCUT2D eigenvalue weighted by Gasteiger charge is 2.59. The zero-order valence-corrected chi connectivity index (χ0v) is 21.9. The predicted octanol–water partition coefficient (Wildman–Crippen LogP) is 5.97. The summed E-state index contributed by atoms with van der Waals surface area (Å²) in [6.45, 7) is 7.46. The van der Waals surface area contributed by atoms with Crippen molar-refractivity contribution in [2.75, 3.05) is 29.6 Å². The summed E-state index contributed by atoms with van der Waals surface area (Å²) in [5.41, 5.74) is 4.65. The highest BCUT2D eigenvalue weighted by atomic mass is 32.2. The van der Waals surface area contributed by atoms with Crippen molar-refractivity contribution in [1.29, 1.82) is 0 Å². The molecule has 2 heterocycles. The molecule has 1 saturated heterocycles. The van der Waals surface area contributed by atoms with Crippen LogP contribution in [0.5, 0.6) is 5.75 Å². The van der Waals surface area contributed by atoms with E-state index in [0.717, 1.165) is 16.8 Å². The van der Waals surface area contributed by atoms with Crippen LogP contribution in [0.25, 0.3) is 0 Å². The maximum atomic E-state index is 14.2. The second kappa shape index (κ2) is 9.21. The Morgan fingerprint density at radius 2 is 1.78 bits per heavy atom. The number of para-hydroxylation sites is 1. The van der Waals surface area contributed by atoms with E-state index in [-0.39, 0.29) is 17.4 Å². The van der Waals surface area contributed by atoms with Crippen LogP contribution in [0, 0.1) is 0 Å². The lowest BCUT2D eigenvalue weighted by Crippen LogP contribution is -2.51. The van der Waals surface area contributed by atoms with Crippen molar-refractivity contribution >= 4 is 35.1 Å². The van der Waals surface area contributed by atoms with Gasteiger partial charge in [-0.1, -0.05) is 63.2 Å². The Morgan fingerprint density at radius 1 is 1.06 bits per heavy atom. The lowest BCUT2D eigenvalue weighted by atomic mass is 9.87. The van der Waals surface area contributed by atoms with Crippen LogP contribution in [0.2, 0.25) is 0 Å². The molecule has 1 fully saturated rings. The number of nitrogens with zero attached hydrogens (tertiary/aromatic N) is 2. The molecule has 0 saturated carbocycles. The molecule has 0 unspecified atom stereocenters. The Balaban J connectivity index is 1.51. The number of ether oxygens (including phenoxy) is 1. The van der Waals surface area contributed by atoms with Gasteiger partial charge in [-0.25, -0.2) is 4.79 Å². The van der Waals surface area contributed by atoms with Crippen molar-refractivity contribution in [2.24, 2.45) is 0 Å². The fourth-order valence-corrected chi connectivity index (χ4v) is 6.34. The summed E-state index contributed by atoms with van der Waals surface area (Å²) < 4.78 is 5.51. The van der Waals surface area contributed by atoms with Crippen LogP contribution in [0.15, 0.2) is 72.8 Å². The molecule has 1 atom stereocenters. The molecule has 2 aliphatic rings. The number of methoxy groups -OCH3 is 1. The molecule has 0 radical (unpaired) electrons. The summed E-state index contributed by atoms with van der Waals surface area (Å²) in [4.78, 5) is 30.1. The van der Waals surface area contributed by atoms with E-state index in [2.05, 4.69) is 50.4 Å². The highest BCUT2D eigenvalue weighted by Crippen LogP contribution is 2.55. The first kappa shape index (κ1) is 24.3. The smallest absolute Gasteiger partial charge is 0.323 e. The van der Waals surface area contributed by atoms with E-state index in [1.54, 1.807) is 12.0 Å². The lowest BCUT2D eigenvalue weighted by molar-refractivity contribution is -0.123. The van der Waals surface area contributed by atoms with Gasteiger partial charge in [-0.3, -0.25) is 9.69 Å². The van der Waals surface area contributed by atoms with Crippen LogP contribution in [0.4, 0.5) is 16.2 Å². The molecule has 0 aromatic heterocycles. The van der Waals surface area contributed by atoms with Crippen molar-refractivity contribution in [3.8, 4) is 5.75 Å². The molecule has 1 N–H and O–H groups in total. The lowest BCUT2D eigenvalue weighted by Gasteiger charge is -2.33. The van der Waals surface area contributed by atoms with Crippen LogP contribution in [-0.2, 0) is 21.6 Å². The molecule has 6 nitrogen and oxygen atoms in total. The SMILES string of the molecule is COc1ccc2c(c1)[C@]1(SCCN1C(=O)Nc1ccccc1)C(=O)N2Cc1ccc(C(C)(C)C)cc1. The van der Waals surface area contributed by atoms with Gasteiger partial charge in [0.15, 0.2) is 4.87 Å². The third kappa shape index (κ3) is 4.11. The molecule has 0 aliphatic carbocycles. The van der Waals surface area contributed by atoms with Gasteiger partial charge in [-0.15, -0.1) is 11.8 Å². The highest BCUT2D eigenvalue weighted by molar-refractivity contribution is 8.01. The minimum atomic E-state index is -1.13. The molecule has 7 heteroatoms. The summed E-state index contributed by atoms with van der Waals surface area (Å²) >= 11 is 1.51. The van der Waals surface area contributed by atoms with Gasteiger partial charge >= 0.3 is 6.03 Å². The quantitative estimate of drug-likeness (QED) is 0.478. The number of carbonyl (C=O) groups excluding carboxylic acids is 2. The number of amides is 3. The number of anilines is 2. The Kier molecular flexibility index (Phi) is 6.20. The number of thioether (sulfide) groups is 1. The van der Waals surface area contributed by atoms with E-state index in [9.17, 15) is 9.59 Å². The maximum absolute atomic E-state index is 14.2. The first-order chi connectivity index (χ1) is 17.2. The summed E-state index contributed by atoms with van der Waals surface area (Å²) in [5.74, 6) is 1.23. The third-order valence-electron chi connectivity index (χ3n) is 6.83. The number of carbonyl (C=O) groups is 2. The van der Waals surface area contributed by atoms with Gasteiger partial charge in [0.1, 0.15) is 5.75 Å². The van der Waals surface area contributed by atoms with Crippen LogP contribution in [-0.4, -0.2) is 36.2 Å². The zero-order valence-electron chi connectivity index (χ0n) is 21.1. The minimum Gasteiger partial charge on any atom is -0.497 e. The van der Waals surface area contributed by atoms with E-state index < -0.39 is 4.87 Å². The molecule has 2 aliphatic heterocycles. The molecule has 3 aromatic carbocycles. The summed E-state index contributed by atoms with van der Waals surface area (Å²) in [5, 5.41) is 2.97. The topological polar surface area (TPSA) is 61.9 Å². The second-order valence-electron chi connectivity index (χ2n) is 10.2. The van der Waals surface area contributed by atoms with E-state index in [1.807, 2.05) is 53.4 Å². The number of fused-ring (bicyclic) bond motifs is 2. The van der Waals surface area contributed by atoms with Crippen molar-refractivity contribution < 1.29 is 14.3 Å². The number of nitrogens with one attached hydrogen (secondary N) is 1. The van der Waals surface area contributed by atoms with E-state index >= 15 is 0 Å². The van der Waals surface area contributed by atoms with Crippen molar-refractivity contribution in [3.05, 3.63) is 89.5 Å². The number of hydrogen-bond acceptors (Lipinski definition) is 4. The standard InChI is InChI=1S/C29H31N3O3S/c1-28(2,3)21-12-10-20(11-13-21)19-31-25-15-14-23(35-4)18-24(25)29(26(31)33)32(16-17-36-29)27(34)30-22-8-6-5-7-9-22/h5-15,18H,16-17,19H2,1-4H3,(H,30,34)/t29-/m0/s1. The van der Waals surface area contributed by atoms with Crippen molar-refractivity contribution in [1.82, 2.24) is 4.90 Å². The summed E-state index contributed by atoms with van der Waals surface area (Å²) in [7, 11) is 1.61. The molecular weight excluding hydrogens is 470 g/mol. The van der Waals surface area contributed by atoms with Crippen LogP contribution >= 0.6 is 11.8 Å².